The standard InChI is InChI=1S/C21H20N2O5/c1-27-21(26)16-10-8-15(9-11-16)14-22-28-13-5-4-12-23-19(24)17-6-2-3-7-18(17)20(23)25/h2-3,6-11,14H,4-5,12-13H2,1H3/b22-14-. The van der Waals surface area contributed by atoms with Crippen LogP contribution in [-0.4, -0.2) is 49.2 Å². The maximum Gasteiger partial charge on any atom is 0.337 e. The lowest BCUT2D eigenvalue weighted by atomic mass is 10.1. The van der Waals surface area contributed by atoms with E-state index >= 15 is 0 Å². The molecule has 0 atom stereocenters. The second-order valence-corrected chi connectivity index (χ2v) is 6.20. The van der Waals surface area contributed by atoms with E-state index in [1.54, 1.807) is 54.7 Å². The van der Waals surface area contributed by atoms with Crippen molar-refractivity contribution in [1.82, 2.24) is 4.90 Å². The van der Waals surface area contributed by atoms with Crippen LogP contribution in [0.3, 0.4) is 0 Å². The van der Waals surface area contributed by atoms with Gasteiger partial charge in [-0.15, -0.1) is 0 Å². The largest absolute Gasteiger partial charge is 0.465 e. The maximum absolute atomic E-state index is 12.2. The molecule has 1 aliphatic rings. The zero-order chi connectivity index (χ0) is 19.9. The molecule has 7 heteroatoms. The summed E-state index contributed by atoms with van der Waals surface area (Å²) in [6.45, 7) is 0.730. The van der Waals surface area contributed by atoms with Gasteiger partial charge in [-0.05, 0) is 42.7 Å². The molecule has 1 heterocycles. The van der Waals surface area contributed by atoms with Crippen LogP contribution < -0.4 is 0 Å². The van der Waals surface area contributed by atoms with Crippen molar-refractivity contribution in [3.05, 3.63) is 70.8 Å². The highest BCUT2D eigenvalue weighted by molar-refractivity contribution is 6.21. The third-order valence-electron chi connectivity index (χ3n) is 4.35. The van der Waals surface area contributed by atoms with Gasteiger partial charge >= 0.3 is 5.97 Å². The maximum atomic E-state index is 12.2. The molecule has 2 amide bonds. The molecule has 2 aromatic rings. The zero-order valence-electron chi connectivity index (χ0n) is 15.5. The summed E-state index contributed by atoms with van der Waals surface area (Å²) in [6, 6.07) is 13.6. The Hall–Kier alpha value is -3.48. The smallest absolute Gasteiger partial charge is 0.337 e. The summed E-state index contributed by atoms with van der Waals surface area (Å²) in [7, 11) is 1.33. The lowest BCUT2D eigenvalue weighted by Crippen LogP contribution is -2.30. The molecule has 1 aliphatic heterocycles. The van der Waals surface area contributed by atoms with Gasteiger partial charge in [0.25, 0.3) is 11.8 Å². The predicted molar refractivity (Wildman–Crippen MR) is 102 cm³/mol. The Morgan fingerprint density at radius 3 is 2.25 bits per heavy atom. The minimum atomic E-state index is -0.391. The highest BCUT2D eigenvalue weighted by atomic mass is 16.6. The minimum Gasteiger partial charge on any atom is -0.465 e. The number of imide groups is 1. The average Bonchev–Trinajstić information content (AvgIpc) is 2.98. The van der Waals surface area contributed by atoms with Crippen LogP contribution in [0, 0.1) is 0 Å². The molecule has 7 nitrogen and oxygen atoms in total. The van der Waals surface area contributed by atoms with E-state index < -0.39 is 5.97 Å². The summed E-state index contributed by atoms with van der Waals surface area (Å²) in [5, 5.41) is 3.88. The zero-order valence-corrected chi connectivity index (χ0v) is 15.5. The summed E-state index contributed by atoms with van der Waals surface area (Å²) in [4.78, 5) is 42.3. The van der Waals surface area contributed by atoms with Crippen molar-refractivity contribution >= 4 is 24.0 Å². The number of benzene rings is 2. The molecular weight excluding hydrogens is 360 g/mol. The summed E-state index contributed by atoms with van der Waals surface area (Å²) in [5.41, 5.74) is 2.19. The van der Waals surface area contributed by atoms with E-state index in [1.165, 1.54) is 12.0 Å². The first-order valence-electron chi connectivity index (χ1n) is 8.91. The number of hydrogen-bond donors (Lipinski definition) is 0. The van der Waals surface area contributed by atoms with Crippen LogP contribution in [0.5, 0.6) is 0 Å². The molecule has 0 aromatic heterocycles. The van der Waals surface area contributed by atoms with Gasteiger partial charge in [0.15, 0.2) is 0 Å². The number of rotatable bonds is 8. The summed E-state index contributed by atoms with van der Waals surface area (Å²) < 4.78 is 4.64. The van der Waals surface area contributed by atoms with Crippen molar-refractivity contribution in [2.24, 2.45) is 5.16 Å². The van der Waals surface area contributed by atoms with Gasteiger partial charge in [-0.2, -0.15) is 0 Å². The Morgan fingerprint density at radius 1 is 1.00 bits per heavy atom. The first-order chi connectivity index (χ1) is 13.6. The van der Waals surface area contributed by atoms with E-state index in [1.807, 2.05) is 0 Å². The van der Waals surface area contributed by atoms with Crippen molar-refractivity contribution in [2.75, 3.05) is 20.3 Å². The van der Waals surface area contributed by atoms with E-state index in [9.17, 15) is 14.4 Å². The molecule has 0 aliphatic carbocycles. The molecule has 3 rings (SSSR count). The van der Waals surface area contributed by atoms with Gasteiger partial charge in [-0.25, -0.2) is 4.79 Å². The third-order valence-corrected chi connectivity index (χ3v) is 4.35. The van der Waals surface area contributed by atoms with E-state index in [-0.39, 0.29) is 11.8 Å². The van der Waals surface area contributed by atoms with E-state index in [2.05, 4.69) is 9.89 Å². The summed E-state index contributed by atoms with van der Waals surface area (Å²) in [5.74, 6) is -0.873. The second-order valence-electron chi connectivity index (χ2n) is 6.20. The van der Waals surface area contributed by atoms with E-state index in [0.717, 1.165) is 5.56 Å². The van der Waals surface area contributed by atoms with Crippen molar-refractivity contribution in [3.63, 3.8) is 0 Å². The fourth-order valence-corrected chi connectivity index (χ4v) is 2.85. The number of carbonyl (C=O) groups is 3. The van der Waals surface area contributed by atoms with Gasteiger partial charge in [-0.1, -0.05) is 29.4 Å². The SMILES string of the molecule is COC(=O)c1ccc(/C=N\OCCCCN2C(=O)c3ccccc3C2=O)cc1. The number of ether oxygens (including phenoxy) is 1. The second kappa shape index (κ2) is 8.94. The number of esters is 1. The van der Waals surface area contributed by atoms with Crippen LogP contribution >= 0.6 is 0 Å². The van der Waals surface area contributed by atoms with Crippen molar-refractivity contribution in [3.8, 4) is 0 Å². The van der Waals surface area contributed by atoms with Gasteiger partial charge < -0.3 is 9.57 Å². The predicted octanol–water partition coefficient (Wildman–Crippen LogP) is 2.90. The number of amides is 2. The number of hydrogen-bond acceptors (Lipinski definition) is 6. The Labute approximate surface area is 162 Å². The van der Waals surface area contributed by atoms with Crippen LogP contribution in [-0.2, 0) is 9.57 Å². The molecule has 0 saturated heterocycles. The Kier molecular flexibility index (Phi) is 6.16. The molecule has 0 radical (unpaired) electrons. The van der Waals surface area contributed by atoms with Gasteiger partial charge in [0.2, 0.25) is 0 Å². The Bertz CT molecular complexity index is 870. The highest BCUT2D eigenvalue weighted by Gasteiger charge is 2.34. The van der Waals surface area contributed by atoms with Crippen molar-refractivity contribution < 1.29 is 24.0 Å². The third kappa shape index (κ3) is 4.25. The monoisotopic (exact) mass is 380 g/mol. The summed E-state index contributed by atoms with van der Waals surface area (Å²) in [6.07, 6.45) is 2.84. The molecule has 144 valence electrons. The molecule has 0 unspecified atom stereocenters. The Morgan fingerprint density at radius 2 is 1.64 bits per heavy atom. The van der Waals surface area contributed by atoms with Gasteiger partial charge in [0, 0.05) is 6.54 Å². The van der Waals surface area contributed by atoms with Crippen LogP contribution in [0.25, 0.3) is 0 Å². The van der Waals surface area contributed by atoms with Crippen LogP contribution in [0.4, 0.5) is 0 Å². The number of oxime groups is 1. The first-order valence-corrected chi connectivity index (χ1v) is 8.91. The normalized spacial score (nSPS) is 13.1. The number of carbonyl (C=O) groups excluding carboxylic acids is 3. The lowest BCUT2D eigenvalue weighted by Gasteiger charge is -2.13. The first kappa shape index (κ1) is 19.3. The number of nitrogens with zero attached hydrogens (tertiary/aromatic N) is 2. The van der Waals surface area contributed by atoms with Crippen molar-refractivity contribution in [1.29, 1.82) is 0 Å². The number of unbranched alkanes of at least 4 members (excludes halogenated alkanes) is 1. The fraction of sp³-hybridized carbons (Fsp3) is 0.238. The lowest BCUT2D eigenvalue weighted by molar-refractivity contribution is 0.0598. The average molecular weight is 380 g/mol. The van der Waals surface area contributed by atoms with Gasteiger partial charge in [-0.3, -0.25) is 14.5 Å². The molecule has 2 aromatic carbocycles. The van der Waals surface area contributed by atoms with Crippen LogP contribution in [0.1, 0.15) is 49.5 Å². The molecule has 0 spiro atoms. The van der Waals surface area contributed by atoms with E-state index in [0.29, 0.717) is 42.7 Å². The molecule has 0 N–H and O–H groups in total. The summed E-state index contributed by atoms with van der Waals surface area (Å²) >= 11 is 0. The highest BCUT2D eigenvalue weighted by Crippen LogP contribution is 2.22. The Balaban J connectivity index is 1.38. The topological polar surface area (TPSA) is 85.3 Å². The van der Waals surface area contributed by atoms with Gasteiger partial charge in [0.1, 0.15) is 6.61 Å². The quantitative estimate of drug-likeness (QED) is 0.231. The van der Waals surface area contributed by atoms with Crippen molar-refractivity contribution in [2.45, 2.75) is 12.8 Å². The molecular formula is C21H20N2O5. The molecule has 0 saturated carbocycles. The molecule has 28 heavy (non-hydrogen) atoms. The number of fused-ring (bicyclic) bond motifs is 1. The fourth-order valence-electron chi connectivity index (χ4n) is 2.85. The molecule has 0 fully saturated rings. The molecule has 0 bridgehead atoms. The minimum absolute atomic E-state index is 0.241. The van der Waals surface area contributed by atoms with Gasteiger partial charge in [0.05, 0.1) is 30.0 Å². The van der Waals surface area contributed by atoms with E-state index in [4.69, 9.17) is 4.84 Å². The van der Waals surface area contributed by atoms with Crippen LogP contribution in [0.15, 0.2) is 53.7 Å². The van der Waals surface area contributed by atoms with Crippen LogP contribution in [0.2, 0.25) is 0 Å². The number of methoxy groups -OCH3 is 1.